The molecule has 0 aromatic carbocycles. The smallest absolute Gasteiger partial charge is 0.371 e. The normalized spacial score (nSPS) is 15.2. The first-order valence-corrected chi connectivity index (χ1v) is 5.65. The quantitative estimate of drug-likeness (QED) is 0.521. The van der Waals surface area contributed by atoms with Crippen molar-refractivity contribution in [3.05, 3.63) is 24.1 Å². The van der Waals surface area contributed by atoms with Crippen LogP contribution in [0.25, 0.3) is 0 Å². The Morgan fingerprint density at radius 2 is 1.89 bits per heavy atom. The first kappa shape index (κ1) is 16.7. The molecule has 0 aliphatic carbocycles. The molecule has 0 saturated carbocycles. The molecule has 1 heterocycles. The number of rotatable bonds is 4. The van der Waals surface area contributed by atoms with E-state index in [0.717, 1.165) is 13.0 Å². The standard InChI is InChI=1S/C6H9NO.C6H8O5/c1-2-7-5-3-4-6(7)8;1-2-3(5(8)9)4(7)6(10)11/h2H,1,3-5H2;7H,2H2,1H3,(H,8,9)(H,10,11)/b;4-3+. The van der Waals surface area contributed by atoms with Gasteiger partial charge in [-0.3, -0.25) is 4.79 Å². The average molecular weight is 271 g/mol. The molecule has 1 aliphatic heterocycles. The van der Waals surface area contributed by atoms with Crippen LogP contribution in [0.2, 0.25) is 0 Å². The molecule has 1 amide bonds. The van der Waals surface area contributed by atoms with Gasteiger partial charge in [0.2, 0.25) is 11.7 Å². The van der Waals surface area contributed by atoms with E-state index in [2.05, 4.69) is 6.58 Å². The Hall–Kier alpha value is -2.31. The molecule has 0 radical (unpaired) electrons. The SMILES string of the molecule is C=CN1CCCC1=O.CC/C(C(=O)O)=C(\O)C(=O)O. The van der Waals surface area contributed by atoms with E-state index < -0.39 is 23.3 Å². The van der Waals surface area contributed by atoms with Gasteiger partial charge in [-0.15, -0.1) is 0 Å². The maximum Gasteiger partial charge on any atom is 0.371 e. The minimum absolute atomic E-state index is 0.0204. The van der Waals surface area contributed by atoms with Gasteiger partial charge in [-0.05, 0) is 19.0 Å². The Morgan fingerprint density at radius 1 is 1.32 bits per heavy atom. The Kier molecular flexibility index (Phi) is 6.95. The summed E-state index contributed by atoms with van der Waals surface area (Å²) in [5.74, 6) is -3.92. The van der Waals surface area contributed by atoms with Gasteiger partial charge in [-0.1, -0.05) is 13.5 Å². The number of hydrogen-bond acceptors (Lipinski definition) is 4. The fourth-order valence-electron chi connectivity index (χ4n) is 1.41. The fourth-order valence-corrected chi connectivity index (χ4v) is 1.41. The van der Waals surface area contributed by atoms with Crippen LogP contribution in [0, 0.1) is 0 Å². The van der Waals surface area contributed by atoms with Gasteiger partial charge in [0.25, 0.3) is 0 Å². The van der Waals surface area contributed by atoms with E-state index >= 15 is 0 Å². The lowest BCUT2D eigenvalue weighted by Crippen LogP contribution is -2.16. The predicted octanol–water partition coefficient (Wildman–Crippen LogP) is 1.13. The second-order valence-corrected chi connectivity index (χ2v) is 3.66. The van der Waals surface area contributed by atoms with Crippen LogP contribution in [0.1, 0.15) is 26.2 Å². The third-order valence-corrected chi connectivity index (χ3v) is 2.43. The van der Waals surface area contributed by atoms with Crippen molar-refractivity contribution in [1.82, 2.24) is 4.90 Å². The van der Waals surface area contributed by atoms with Crippen LogP contribution in [-0.4, -0.2) is 44.6 Å². The molecule has 7 heteroatoms. The van der Waals surface area contributed by atoms with Crippen LogP contribution in [0.15, 0.2) is 24.1 Å². The second kappa shape index (κ2) is 7.91. The molecule has 1 aliphatic rings. The van der Waals surface area contributed by atoms with Gasteiger partial charge >= 0.3 is 11.9 Å². The number of aliphatic carboxylic acids is 2. The zero-order chi connectivity index (χ0) is 15.0. The molecule has 1 rings (SSSR count). The highest BCUT2D eigenvalue weighted by Crippen LogP contribution is 2.08. The lowest BCUT2D eigenvalue weighted by molar-refractivity contribution is -0.138. The number of carboxylic acids is 2. The highest BCUT2D eigenvalue weighted by atomic mass is 16.4. The van der Waals surface area contributed by atoms with Crippen LogP contribution < -0.4 is 0 Å². The van der Waals surface area contributed by atoms with Crippen molar-refractivity contribution in [3.63, 3.8) is 0 Å². The molecule has 3 N–H and O–H groups in total. The molecule has 0 bridgehead atoms. The zero-order valence-corrected chi connectivity index (χ0v) is 10.6. The molecule has 0 aromatic rings. The van der Waals surface area contributed by atoms with Gasteiger partial charge in [0.05, 0.1) is 5.57 Å². The summed E-state index contributed by atoms with van der Waals surface area (Å²) in [5, 5.41) is 25.1. The van der Waals surface area contributed by atoms with Crippen LogP contribution in [0.4, 0.5) is 0 Å². The minimum atomic E-state index is -1.62. The largest absolute Gasteiger partial charge is 0.501 e. The first-order valence-electron chi connectivity index (χ1n) is 5.65. The molecular weight excluding hydrogens is 254 g/mol. The fraction of sp³-hybridized carbons (Fsp3) is 0.417. The summed E-state index contributed by atoms with van der Waals surface area (Å²) in [4.78, 5) is 32.5. The summed E-state index contributed by atoms with van der Waals surface area (Å²) in [7, 11) is 0. The monoisotopic (exact) mass is 271 g/mol. The van der Waals surface area contributed by atoms with Crippen LogP contribution in [0.5, 0.6) is 0 Å². The maximum atomic E-state index is 10.7. The summed E-state index contributed by atoms with van der Waals surface area (Å²) in [6, 6.07) is 0. The second-order valence-electron chi connectivity index (χ2n) is 3.66. The molecule has 0 atom stereocenters. The van der Waals surface area contributed by atoms with Crippen molar-refractivity contribution in [2.75, 3.05) is 6.54 Å². The van der Waals surface area contributed by atoms with E-state index in [9.17, 15) is 14.4 Å². The highest BCUT2D eigenvalue weighted by molar-refractivity contribution is 5.96. The maximum absolute atomic E-state index is 10.7. The van der Waals surface area contributed by atoms with E-state index in [4.69, 9.17) is 15.3 Å². The molecule has 0 unspecified atom stereocenters. The topological polar surface area (TPSA) is 115 Å². The average Bonchev–Trinajstić information content (AvgIpc) is 2.75. The Balaban J connectivity index is 0.000000356. The van der Waals surface area contributed by atoms with Crippen molar-refractivity contribution >= 4 is 17.8 Å². The van der Waals surface area contributed by atoms with Crippen LogP contribution >= 0.6 is 0 Å². The Labute approximate surface area is 110 Å². The van der Waals surface area contributed by atoms with Crippen molar-refractivity contribution in [1.29, 1.82) is 0 Å². The van der Waals surface area contributed by atoms with Gasteiger partial charge in [0.15, 0.2) is 0 Å². The van der Waals surface area contributed by atoms with Gasteiger partial charge in [0.1, 0.15) is 0 Å². The van der Waals surface area contributed by atoms with Gasteiger partial charge in [0, 0.05) is 13.0 Å². The van der Waals surface area contributed by atoms with E-state index in [-0.39, 0.29) is 12.3 Å². The molecule has 0 spiro atoms. The molecule has 7 nitrogen and oxygen atoms in total. The summed E-state index contributed by atoms with van der Waals surface area (Å²) in [6.07, 6.45) is 3.26. The number of amides is 1. The highest BCUT2D eigenvalue weighted by Gasteiger charge is 2.17. The van der Waals surface area contributed by atoms with Crippen molar-refractivity contribution in [2.24, 2.45) is 0 Å². The summed E-state index contributed by atoms with van der Waals surface area (Å²) >= 11 is 0. The number of carboxylic acid groups (broad SMARTS) is 2. The lowest BCUT2D eigenvalue weighted by atomic mass is 10.2. The lowest BCUT2D eigenvalue weighted by Gasteiger charge is -2.05. The van der Waals surface area contributed by atoms with E-state index in [1.807, 2.05) is 0 Å². The predicted molar refractivity (Wildman–Crippen MR) is 66.4 cm³/mol. The number of hydrogen-bond donors (Lipinski definition) is 3. The Morgan fingerprint density at radius 3 is 2.05 bits per heavy atom. The molecule has 1 fully saturated rings. The number of aliphatic hydroxyl groups excluding tert-OH is 1. The number of nitrogens with zero attached hydrogens (tertiary/aromatic N) is 1. The van der Waals surface area contributed by atoms with Gasteiger partial charge in [-0.2, -0.15) is 0 Å². The Bertz CT molecular complexity index is 412. The number of likely N-dealkylation sites (tertiary alicyclic amines) is 1. The van der Waals surface area contributed by atoms with Crippen LogP contribution in [-0.2, 0) is 14.4 Å². The van der Waals surface area contributed by atoms with Crippen LogP contribution in [0.3, 0.4) is 0 Å². The molecular formula is C12H17NO6. The minimum Gasteiger partial charge on any atom is -0.501 e. The van der Waals surface area contributed by atoms with Gasteiger partial charge in [-0.25, -0.2) is 9.59 Å². The van der Waals surface area contributed by atoms with Gasteiger partial charge < -0.3 is 20.2 Å². The number of carbonyl (C=O) groups excluding carboxylic acids is 1. The summed E-state index contributed by atoms with van der Waals surface area (Å²) < 4.78 is 0. The van der Waals surface area contributed by atoms with Crippen molar-refractivity contribution in [2.45, 2.75) is 26.2 Å². The summed E-state index contributed by atoms with van der Waals surface area (Å²) in [6.45, 7) is 5.81. The number of carbonyl (C=O) groups is 3. The van der Waals surface area contributed by atoms with E-state index in [1.165, 1.54) is 6.92 Å². The first-order chi connectivity index (χ1) is 8.84. The molecule has 19 heavy (non-hydrogen) atoms. The third kappa shape index (κ3) is 5.24. The van der Waals surface area contributed by atoms with Crippen molar-refractivity contribution in [3.8, 4) is 0 Å². The number of aliphatic hydroxyl groups is 1. The van der Waals surface area contributed by atoms with E-state index in [1.54, 1.807) is 11.1 Å². The zero-order valence-electron chi connectivity index (χ0n) is 10.6. The molecule has 106 valence electrons. The summed E-state index contributed by atoms with van der Waals surface area (Å²) in [5.41, 5.74) is -0.488. The third-order valence-electron chi connectivity index (χ3n) is 2.43. The van der Waals surface area contributed by atoms with E-state index in [0.29, 0.717) is 6.42 Å². The molecule has 0 aromatic heterocycles. The molecule has 1 saturated heterocycles. The van der Waals surface area contributed by atoms with Crippen molar-refractivity contribution < 1.29 is 29.7 Å².